The van der Waals surface area contributed by atoms with E-state index < -0.39 is 12.0 Å². The first-order chi connectivity index (χ1) is 14.1. The molecule has 2 aliphatic rings. The second-order valence-electron chi connectivity index (χ2n) is 8.35. The van der Waals surface area contributed by atoms with Crippen molar-refractivity contribution < 1.29 is 23.0 Å². The van der Waals surface area contributed by atoms with Gasteiger partial charge < -0.3 is 9.84 Å². The van der Waals surface area contributed by atoms with Crippen molar-refractivity contribution >= 4 is 0 Å². The van der Waals surface area contributed by atoms with Gasteiger partial charge >= 0.3 is 6.36 Å². The van der Waals surface area contributed by atoms with Crippen LogP contribution in [0, 0.1) is 6.92 Å². The van der Waals surface area contributed by atoms with Crippen LogP contribution in [0.3, 0.4) is 0 Å². The molecule has 30 heavy (non-hydrogen) atoms. The van der Waals surface area contributed by atoms with Crippen molar-refractivity contribution in [3.63, 3.8) is 0 Å². The summed E-state index contributed by atoms with van der Waals surface area (Å²) in [5.41, 5.74) is 0.377. The van der Waals surface area contributed by atoms with Gasteiger partial charge in [-0.2, -0.15) is 5.10 Å². The van der Waals surface area contributed by atoms with Crippen LogP contribution in [0.5, 0.6) is 5.75 Å². The van der Waals surface area contributed by atoms with E-state index in [2.05, 4.69) is 14.7 Å². The van der Waals surface area contributed by atoms with E-state index in [0.29, 0.717) is 19.4 Å². The first-order valence-corrected chi connectivity index (χ1v) is 9.98. The van der Waals surface area contributed by atoms with Crippen LogP contribution in [0.1, 0.15) is 36.9 Å². The number of hydrogen-bond acceptors (Lipinski definition) is 5. The van der Waals surface area contributed by atoms with Crippen LogP contribution in [0.25, 0.3) is 0 Å². The van der Waals surface area contributed by atoms with Crippen LogP contribution in [0.15, 0.2) is 41.2 Å². The number of benzene rings is 1. The lowest BCUT2D eigenvalue weighted by Crippen LogP contribution is -2.53. The number of aliphatic hydroxyl groups is 1. The summed E-state index contributed by atoms with van der Waals surface area (Å²) in [6.07, 6.45) is -1.76. The van der Waals surface area contributed by atoms with E-state index in [1.165, 1.54) is 22.9 Å². The topological polar surface area (TPSA) is 67.6 Å². The first kappa shape index (κ1) is 20.9. The molecule has 2 unspecified atom stereocenters. The minimum atomic E-state index is -4.70. The molecular weight excluding hydrogens is 399 g/mol. The molecule has 2 aliphatic heterocycles. The fraction of sp³-hybridized carbons (Fsp3) is 0.524. The summed E-state index contributed by atoms with van der Waals surface area (Å²) in [5.74, 6) is -0.238. The normalized spacial score (nSPS) is 26.7. The number of piperidine rings is 1. The molecule has 6 nitrogen and oxygen atoms in total. The monoisotopic (exact) mass is 423 g/mol. The molecule has 2 fully saturated rings. The van der Waals surface area contributed by atoms with Crippen LogP contribution >= 0.6 is 0 Å². The first-order valence-electron chi connectivity index (χ1n) is 9.98. The van der Waals surface area contributed by atoms with E-state index in [4.69, 9.17) is 0 Å². The van der Waals surface area contributed by atoms with Crippen LogP contribution < -0.4 is 10.3 Å². The fourth-order valence-corrected chi connectivity index (χ4v) is 4.75. The van der Waals surface area contributed by atoms with Crippen molar-refractivity contribution in [2.45, 2.75) is 69.7 Å². The van der Waals surface area contributed by atoms with E-state index in [9.17, 15) is 23.1 Å². The van der Waals surface area contributed by atoms with Gasteiger partial charge in [0.25, 0.3) is 5.56 Å². The van der Waals surface area contributed by atoms with Crippen molar-refractivity contribution in [3.8, 4) is 5.75 Å². The Bertz CT molecular complexity index is 944. The minimum absolute atomic E-state index is 0.153. The summed E-state index contributed by atoms with van der Waals surface area (Å²) in [4.78, 5) is 14.4. The average Bonchev–Trinajstić information content (AvgIpc) is 2.89. The number of fused-ring (bicyclic) bond motifs is 2. The summed E-state index contributed by atoms with van der Waals surface area (Å²) in [5, 5.41) is 15.4. The molecule has 0 amide bonds. The molecule has 2 saturated heterocycles. The largest absolute Gasteiger partial charge is 0.573 e. The number of rotatable bonds is 5. The minimum Gasteiger partial charge on any atom is -0.406 e. The summed E-state index contributed by atoms with van der Waals surface area (Å²) in [6, 6.07) is 9.33. The Hall–Kier alpha value is -2.39. The molecule has 1 N–H and O–H groups in total. The Morgan fingerprint density at radius 3 is 2.37 bits per heavy atom. The third kappa shape index (κ3) is 4.67. The Morgan fingerprint density at radius 2 is 1.77 bits per heavy atom. The Balaban J connectivity index is 1.43. The quantitative estimate of drug-likeness (QED) is 0.801. The smallest absolute Gasteiger partial charge is 0.406 e. The van der Waals surface area contributed by atoms with Crippen LogP contribution in [0.4, 0.5) is 13.2 Å². The Labute approximate surface area is 171 Å². The van der Waals surface area contributed by atoms with Gasteiger partial charge in [-0.05, 0) is 56.4 Å². The molecule has 9 heteroatoms. The van der Waals surface area contributed by atoms with Gasteiger partial charge in [0.15, 0.2) is 0 Å². The van der Waals surface area contributed by atoms with Gasteiger partial charge in [-0.15, -0.1) is 13.2 Å². The van der Waals surface area contributed by atoms with Crippen molar-refractivity contribution in [1.82, 2.24) is 14.7 Å². The van der Waals surface area contributed by atoms with E-state index in [0.717, 1.165) is 24.1 Å². The van der Waals surface area contributed by atoms with Gasteiger partial charge in [-0.25, -0.2) is 4.68 Å². The third-order valence-corrected chi connectivity index (χ3v) is 5.97. The molecule has 1 aromatic heterocycles. The maximum absolute atomic E-state index is 12.3. The van der Waals surface area contributed by atoms with Gasteiger partial charge in [-0.3, -0.25) is 9.69 Å². The lowest BCUT2D eigenvalue weighted by molar-refractivity contribution is -0.274. The molecule has 2 atom stereocenters. The molecule has 0 radical (unpaired) electrons. The van der Waals surface area contributed by atoms with Crippen molar-refractivity contribution in [1.29, 1.82) is 0 Å². The number of aromatic nitrogens is 2. The highest BCUT2D eigenvalue weighted by molar-refractivity contribution is 5.27. The lowest BCUT2D eigenvalue weighted by atomic mass is 9.85. The highest BCUT2D eigenvalue weighted by atomic mass is 19.4. The third-order valence-electron chi connectivity index (χ3n) is 5.97. The summed E-state index contributed by atoms with van der Waals surface area (Å²) < 4.78 is 42.2. The van der Waals surface area contributed by atoms with Crippen LogP contribution in [0.2, 0.25) is 0 Å². The molecule has 0 saturated carbocycles. The highest BCUT2D eigenvalue weighted by Gasteiger charge is 2.47. The molecule has 162 valence electrons. The molecule has 0 spiro atoms. The number of ether oxygens (including phenoxy) is 1. The van der Waals surface area contributed by atoms with Crippen LogP contribution in [-0.2, 0) is 13.1 Å². The molecule has 2 aromatic rings. The average molecular weight is 423 g/mol. The van der Waals surface area contributed by atoms with Gasteiger partial charge in [0.1, 0.15) is 5.75 Å². The fourth-order valence-electron chi connectivity index (χ4n) is 4.75. The number of hydrogen-bond donors (Lipinski definition) is 1. The van der Waals surface area contributed by atoms with E-state index in [1.807, 2.05) is 0 Å². The molecule has 0 aliphatic carbocycles. The Morgan fingerprint density at radius 1 is 1.13 bits per heavy atom. The molecule has 3 heterocycles. The van der Waals surface area contributed by atoms with E-state index in [-0.39, 0.29) is 29.9 Å². The van der Waals surface area contributed by atoms with Crippen LogP contribution in [-0.4, -0.2) is 43.8 Å². The zero-order valence-corrected chi connectivity index (χ0v) is 16.6. The molecular formula is C21H24F3N3O3. The standard InChI is InChI=1S/C21H24F3N3O3/c1-14-2-9-19(28)27(25-14)13-20(29)10-16-5-6-17(11-20)26(16)12-15-3-7-18(8-4-15)30-21(22,23)24/h2-4,7-9,16-17,29H,5-6,10-13H2,1H3. The SMILES string of the molecule is Cc1ccc(=O)n(CC2(O)CC3CCC(C2)N3Cc2ccc(OC(F)(F)F)cc2)n1. The molecule has 1 aromatic carbocycles. The number of halogens is 3. The zero-order valence-electron chi connectivity index (χ0n) is 16.6. The van der Waals surface area contributed by atoms with Gasteiger partial charge in [0.2, 0.25) is 0 Å². The maximum atomic E-state index is 12.3. The molecule has 2 bridgehead atoms. The predicted molar refractivity (Wildman–Crippen MR) is 103 cm³/mol. The second-order valence-corrected chi connectivity index (χ2v) is 8.35. The predicted octanol–water partition coefficient (Wildman–Crippen LogP) is 3.01. The van der Waals surface area contributed by atoms with Gasteiger partial charge in [-0.1, -0.05) is 12.1 Å². The lowest BCUT2D eigenvalue weighted by Gasteiger charge is -2.43. The van der Waals surface area contributed by atoms with Crippen molar-refractivity contribution in [2.75, 3.05) is 0 Å². The van der Waals surface area contributed by atoms with E-state index in [1.54, 1.807) is 25.1 Å². The summed E-state index contributed by atoms with van der Waals surface area (Å²) >= 11 is 0. The Kier molecular flexibility index (Phi) is 5.36. The summed E-state index contributed by atoms with van der Waals surface area (Å²) in [7, 11) is 0. The zero-order chi connectivity index (χ0) is 21.5. The van der Waals surface area contributed by atoms with Crippen molar-refractivity contribution in [3.05, 3.63) is 58.0 Å². The molecule has 4 rings (SSSR count). The number of alkyl halides is 3. The van der Waals surface area contributed by atoms with Gasteiger partial charge in [0.05, 0.1) is 17.8 Å². The van der Waals surface area contributed by atoms with E-state index >= 15 is 0 Å². The highest BCUT2D eigenvalue weighted by Crippen LogP contribution is 2.42. The number of aryl methyl sites for hydroxylation is 1. The second kappa shape index (κ2) is 7.70. The number of nitrogens with zero attached hydrogens (tertiary/aromatic N) is 3. The van der Waals surface area contributed by atoms with Gasteiger partial charge in [0, 0.05) is 24.7 Å². The van der Waals surface area contributed by atoms with Crippen molar-refractivity contribution in [2.24, 2.45) is 0 Å². The summed E-state index contributed by atoms with van der Waals surface area (Å²) in [6.45, 7) is 2.56. The maximum Gasteiger partial charge on any atom is 0.573 e.